The number of nitrogens with zero attached hydrogens (tertiary/aromatic N) is 2. The van der Waals surface area contributed by atoms with Gasteiger partial charge in [0.15, 0.2) is 0 Å². The number of halogens is 1. The van der Waals surface area contributed by atoms with Gasteiger partial charge in [0.1, 0.15) is 19.0 Å². The topological polar surface area (TPSA) is 80.5 Å². The van der Waals surface area contributed by atoms with Gasteiger partial charge < -0.3 is 14.8 Å². The lowest BCUT2D eigenvalue weighted by Crippen LogP contribution is -2.06. The lowest BCUT2D eigenvalue weighted by molar-refractivity contribution is -0.136. The Labute approximate surface area is 169 Å². The van der Waals surface area contributed by atoms with Crippen LogP contribution in [0.4, 0.5) is 4.39 Å². The second kappa shape index (κ2) is 12.3. The van der Waals surface area contributed by atoms with E-state index in [-0.39, 0.29) is 12.2 Å². The highest BCUT2D eigenvalue weighted by Gasteiger charge is 2.07. The average molecular weight is 400 g/mol. The number of hydrogen-bond donors (Lipinski definition) is 1. The van der Waals surface area contributed by atoms with E-state index in [1.54, 1.807) is 19.1 Å². The number of oxime groups is 2. The van der Waals surface area contributed by atoms with Crippen molar-refractivity contribution in [2.24, 2.45) is 10.3 Å². The van der Waals surface area contributed by atoms with Crippen molar-refractivity contribution in [1.82, 2.24) is 0 Å². The Hall–Kier alpha value is -3.22. The van der Waals surface area contributed by atoms with Gasteiger partial charge >= 0.3 is 5.97 Å². The molecule has 0 bridgehead atoms. The van der Waals surface area contributed by atoms with Gasteiger partial charge in [0.25, 0.3) is 0 Å². The van der Waals surface area contributed by atoms with E-state index in [2.05, 4.69) is 10.3 Å². The van der Waals surface area contributed by atoms with Gasteiger partial charge in [-0.1, -0.05) is 52.8 Å². The summed E-state index contributed by atoms with van der Waals surface area (Å²) in [4.78, 5) is 21.5. The maximum atomic E-state index is 12.9. The van der Waals surface area contributed by atoms with E-state index >= 15 is 0 Å². The molecule has 2 aromatic carbocycles. The summed E-state index contributed by atoms with van der Waals surface area (Å²) in [6.07, 6.45) is 1.75. The van der Waals surface area contributed by atoms with E-state index in [1.165, 1.54) is 12.1 Å². The number of hydrogen-bond acceptors (Lipinski definition) is 5. The van der Waals surface area contributed by atoms with Gasteiger partial charge in [-0.2, -0.15) is 0 Å². The molecule has 0 saturated carbocycles. The zero-order valence-corrected chi connectivity index (χ0v) is 16.4. The van der Waals surface area contributed by atoms with Gasteiger partial charge in [-0.3, -0.25) is 4.79 Å². The fraction of sp³-hybridized carbons (Fsp3) is 0.318. The van der Waals surface area contributed by atoms with Crippen molar-refractivity contribution in [2.75, 3.05) is 13.2 Å². The van der Waals surface area contributed by atoms with Gasteiger partial charge in [0.05, 0.1) is 17.8 Å². The van der Waals surface area contributed by atoms with Gasteiger partial charge in [0, 0.05) is 6.42 Å². The van der Waals surface area contributed by atoms with Crippen LogP contribution in [-0.4, -0.2) is 35.7 Å². The lowest BCUT2D eigenvalue weighted by Gasteiger charge is -2.06. The molecule has 0 heterocycles. The smallest absolute Gasteiger partial charge is 0.303 e. The standard InChI is InChI=1S/C22H25FN2O4/c1-17(18-9-11-20(23)12-10-18)24-28-15-5-6-16-29-25-21(13-14-22(26)27)19-7-3-2-4-8-19/h2-4,7-12H,5-6,13-16H2,1H3,(H,26,27)/b24-17+,25-21-. The van der Waals surface area contributed by atoms with E-state index < -0.39 is 5.97 Å². The van der Waals surface area contributed by atoms with Crippen molar-refractivity contribution in [3.05, 3.63) is 71.5 Å². The quantitative estimate of drug-likeness (QED) is 0.320. The summed E-state index contributed by atoms with van der Waals surface area (Å²) in [6, 6.07) is 15.4. The van der Waals surface area contributed by atoms with E-state index in [1.807, 2.05) is 30.3 Å². The van der Waals surface area contributed by atoms with E-state index in [0.717, 1.165) is 24.0 Å². The van der Waals surface area contributed by atoms with Crippen LogP contribution >= 0.6 is 0 Å². The molecule has 0 saturated heterocycles. The van der Waals surface area contributed by atoms with Crippen molar-refractivity contribution < 1.29 is 24.0 Å². The Morgan fingerprint density at radius 2 is 1.52 bits per heavy atom. The lowest BCUT2D eigenvalue weighted by atomic mass is 10.1. The van der Waals surface area contributed by atoms with Gasteiger partial charge in [0.2, 0.25) is 0 Å². The Morgan fingerprint density at radius 1 is 0.897 bits per heavy atom. The molecule has 0 aliphatic carbocycles. The normalized spacial score (nSPS) is 11.9. The highest BCUT2D eigenvalue weighted by Crippen LogP contribution is 2.08. The first kappa shape index (κ1) is 22.1. The fourth-order valence-electron chi connectivity index (χ4n) is 2.44. The number of carboxylic acid groups (broad SMARTS) is 1. The summed E-state index contributed by atoms with van der Waals surface area (Å²) in [5.74, 6) is -1.16. The maximum Gasteiger partial charge on any atom is 0.303 e. The van der Waals surface area contributed by atoms with Gasteiger partial charge in [-0.25, -0.2) is 4.39 Å². The number of carboxylic acids is 1. The van der Waals surface area contributed by atoms with Crippen molar-refractivity contribution in [3.63, 3.8) is 0 Å². The van der Waals surface area contributed by atoms with Crippen LogP contribution in [-0.2, 0) is 14.5 Å². The first-order chi connectivity index (χ1) is 14.1. The third-order valence-corrected chi connectivity index (χ3v) is 4.04. The summed E-state index contributed by atoms with van der Waals surface area (Å²) >= 11 is 0. The second-order valence-corrected chi connectivity index (χ2v) is 6.35. The van der Waals surface area contributed by atoms with Crippen molar-refractivity contribution in [2.45, 2.75) is 32.6 Å². The summed E-state index contributed by atoms with van der Waals surface area (Å²) in [5, 5.41) is 17.0. The van der Waals surface area contributed by atoms with Crippen LogP contribution in [0, 0.1) is 5.82 Å². The molecule has 2 aromatic rings. The van der Waals surface area contributed by atoms with Crippen LogP contribution in [0.5, 0.6) is 0 Å². The molecule has 0 aromatic heterocycles. The van der Waals surface area contributed by atoms with Crippen LogP contribution in [0.1, 0.15) is 43.7 Å². The van der Waals surface area contributed by atoms with Gasteiger partial charge in [-0.15, -0.1) is 0 Å². The summed E-state index contributed by atoms with van der Waals surface area (Å²) in [6.45, 7) is 2.62. The monoisotopic (exact) mass is 400 g/mol. The molecule has 0 radical (unpaired) electrons. The predicted octanol–water partition coefficient (Wildman–Crippen LogP) is 4.63. The third kappa shape index (κ3) is 8.55. The van der Waals surface area contributed by atoms with E-state index in [4.69, 9.17) is 14.8 Å². The molecule has 0 atom stereocenters. The fourth-order valence-corrected chi connectivity index (χ4v) is 2.44. The van der Waals surface area contributed by atoms with Crippen molar-refractivity contribution >= 4 is 17.4 Å². The molecule has 0 spiro atoms. The third-order valence-electron chi connectivity index (χ3n) is 4.04. The molecule has 0 unspecified atom stereocenters. The number of benzene rings is 2. The van der Waals surface area contributed by atoms with Crippen LogP contribution in [0.3, 0.4) is 0 Å². The number of rotatable bonds is 12. The molecule has 1 N–H and O–H groups in total. The minimum absolute atomic E-state index is 0.00363. The minimum Gasteiger partial charge on any atom is -0.481 e. The number of carbonyl (C=O) groups is 1. The van der Waals surface area contributed by atoms with Gasteiger partial charge in [-0.05, 0) is 43.0 Å². The minimum atomic E-state index is -0.873. The first-order valence-corrected chi connectivity index (χ1v) is 9.45. The largest absolute Gasteiger partial charge is 0.481 e. The molecular weight excluding hydrogens is 375 g/mol. The van der Waals surface area contributed by atoms with Crippen LogP contribution in [0.15, 0.2) is 64.9 Å². The maximum absolute atomic E-state index is 12.9. The summed E-state index contributed by atoms with van der Waals surface area (Å²) < 4.78 is 12.9. The van der Waals surface area contributed by atoms with Crippen molar-refractivity contribution in [3.8, 4) is 0 Å². The molecule has 0 amide bonds. The summed E-state index contributed by atoms with van der Waals surface area (Å²) in [7, 11) is 0. The van der Waals surface area contributed by atoms with Crippen LogP contribution in [0.25, 0.3) is 0 Å². The second-order valence-electron chi connectivity index (χ2n) is 6.35. The number of unbranched alkanes of at least 4 members (excludes halogenated alkanes) is 1. The highest BCUT2D eigenvalue weighted by atomic mass is 19.1. The molecule has 0 aliphatic rings. The molecule has 29 heavy (non-hydrogen) atoms. The van der Waals surface area contributed by atoms with E-state index in [0.29, 0.717) is 31.1 Å². The van der Waals surface area contributed by atoms with Crippen LogP contribution < -0.4 is 0 Å². The van der Waals surface area contributed by atoms with Crippen molar-refractivity contribution in [1.29, 1.82) is 0 Å². The molecule has 2 rings (SSSR count). The Balaban J connectivity index is 1.70. The molecule has 7 heteroatoms. The SMILES string of the molecule is C/C(=N\OCCCCO/N=C(/CCC(=O)O)c1ccccc1)c1ccc(F)cc1. The zero-order valence-electron chi connectivity index (χ0n) is 16.4. The van der Waals surface area contributed by atoms with E-state index in [9.17, 15) is 9.18 Å². The molecule has 6 nitrogen and oxygen atoms in total. The first-order valence-electron chi connectivity index (χ1n) is 9.45. The number of aliphatic carboxylic acids is 1. The molecule has 154 valence electrons. The molecule has 0 fully saturated rings. The summed E-state index contributed by atoms with van der Waals surface area (Å²) in [5.41, 5.74) is 2.95. The average Bonchev–Trinajstić information content (AvgIpc) is 2.73. The Bertz CT molecular complexity index is 820. The van der Waals surface area contributed by atoms with Crippen LogP contribution in [0.2, 0.25) is 0 Å². The predicted molar refractivity (Wildman–Crippen MR) is 110 cm³/mol. The Kier molecular flexibility index (Phi) is 9.35. The highest BCUT2D eigenvalue weighted by molar-refractivity contribution is 6.01. The Morgan fingerprint density at radius 3 is 2.14 bits per heavy atom. The molecule has 0 aliphatic heterocycles. The zero-order chi connectivity index (χ0) is 20.9. The molecular formula is C22H25FN2O4.